The van der Waals surface area contributed by atoms with Crippen molar-refractivity contribution in [2.75, 3.05) is 26.8 Å². The predicted molar refractivity (Wildman–Crippen MR) is 91.2 cm³/mol. The summed E-state index contributed by atoms with van der Waals surface area (Å²) in [6.45, 7) is 4.00. The fraction of sp³-hybridized carbons (Fsp3) is 0.429. The van der Waals surface area contributed by atoms with Crippen LogP contribution in [0.5, 0.6) is 0 Å². The maximum atomic E-state index is 13.6. The summed E-state index contributed by atoms with van der Waals surface area (Å²) in [5.41, 5.74) is 0.821. The molecule has 7 heteroatoms. The van der Waals surface area contributed by atoms with Crippen LogP contribution < -0.4 is 10.6 Å². The van der Waals surface area contributed by atoms with Gasteiger partial charge in [-0.05, 0) is 25.1 Å². The lowest BCUT2D eigenvalue weighted by Gasteiger charge is -2.11. The Bertz CT molecular complexity index is 502. The van der Waals surface area contributed by atoms with Crippen LogP contribution in [0, 0.1) is 17.1 Å². The van der Waals surface area contributed by atoms with Crippen LogP contribution in [0.1, 0.15) is 18.1 Å². The molecule has 1 aromatic rings. The SMILES string of the molecule is CCNC(=NCc1cc(C#N)ccc1F)NCCOC.I. The van der Waals surface area contributed by atoms with Crippen molar-refractivity contribution in [1.29, 1.82) is 5.26 Å². The molecule has 0 saturated heterocycles. The summed E-state index contributed by atoms with van der Waals surface area (Å²) in [7, 11) is 1.62. The molecule has 0 bridgehead atoms. The molecule has 0 aliphatic heterocycles. The van der Waals surface area contributed by atoms with E-state index in [1.54, 1.807) is 7.11 Å². The molecule has 5 nitrogen and oxygen atoms in total. The van der Waals surface area contributed by atoms with Crippen molar-refractivity contribution in [2.24, 2.45) is 4.99 Å². The van der Waals surface area contributed by atoms with Gasteiger partial charge in [0.15, 0.2) is 5.96 Å². The Morgan fingerprint density at radius 3 is 2.81 bits per heavy atom. The minimum Gasteiger partial charge on any atom is -0.383 e. The lowest BCUT2D eigenvalue weighted by Crippen LogP contribution is -2.38. The smallest absolute Gasteiger partial charge is 0.191 e. The third-order valence-electron chi connectivity index (χ3n) is 2.53. The highest BCUT2D eigenvalue weighted by Crippen LogP contribution is 2.11. The zero-order valence-electron chi connectivity index (χ0n) is 12.1. The minimum absolute atomic E-state index is 0. The Morgan fingerprint density at radius 1 is 1.43 bits per heavy atom. The van der Waals surface area contributed by atoms with Crippen LogP contribution in [0.4, 0.5) is 4.39 Å². The second-order valence-electron chi connectivity index (χ2n) is 4.03. The Kier molecular flexibility index (Phi) is 10.5. The van der Waals surface area contributed by atoms with Crippen molar-refractivity contribution in [3.8, 4) is 6.07 Å². The number of halogens is 2. The van der Waals surface area contributed by atoms with E-state index in [1.807, 2.05) is 13.0 Å². The molecule has 1 rings (SSSR count). The first-order valence-corrected chi connectivity index (χ1v) is 6.41. The molecule has 21 heavy (non-hydrogen) atoms. The first kappa shape index (κ1) is 19.6. The maximum Gasteiger partial charge on any atom is 0.191 e. The summed E-state index contributed by atoms with van der Waals surface area (Å²) in [5.74, 6) is 0.229. The molecule has 2 N–H and O–H groups in total. The highest BCUT2D eigenvalue weighted by atomic mass is 127. The highest BCUT2D eigenvalue weighted by Gasteiger charge is 2.04. The third kappa shape index (κ3) is 7.24. The largest absolute Gasteiger partial charge is 0.383 e. The number of rotatable bonds is 6. The van der Waals surface area contributed by atoms with Gasteiger partial charge >= 0.3 is 0 Å². The summed E-state index contributed by atoms with van der Waals surface area (Å²) < 4.78 is 18.6. The van der Waals surface area contributed by atoms with Crippen molar-refractivity contribution in [1.82, 2.24) is 10.6 Å². The Balaban J connectivity index is 0.00000400. The molecular weight excluding hydrogens is 386 g/mol. The quantitative estimate of drug-likeness (QED) is 0.328. The number of methoxy groups -OCH3 is 1. The van der Waals surface area contributed by atoms with E-state index in [2.05, 4.69) is 15.6 Å². The number of nitrogens with one attached hydrogen (secondary N) is 2. The number of aliphatic imine (C=N–C) groups is 1. The number of benzene rings is 1. The zero-order chi connectivity index (χ0) is 14.8. The topological polar surface area (TPSA) is 69.4 Å². The van der Waals surface area contributed by atoms with Crippen LogP contribution in [0.25, 0.3) is 0 Å². The average Bonchev–Trinajstić information content (AvgIpc) is 2.46. The third-order valence-corrected chi connectivity index (χ3v) is 2.53. The molecule has 0 unspecified atom stereocenters. The number of hydrogen-bond acceptors (Lipinski definition) is 3. The molecular formula is C14H20FIN4O. The van der Waals surface area contributed by atoms with Gasteiger partial charge in [-0.1, -0.05) is 0 Å². The number of guanidine groups is 1. The molecule has 116 valence electrons. The summed E-state index contributed by atoms with van der Waals surface area (Å²) >= 11 is 0. The predicted octanol–water partition coefficient (Wildman–Crippen LogP) is 2.02. The van der Waals surface area contributed by atoms with E-state index < -0.39 is 0 Å². The van der Waals surface area contributed by atoms with Crippen molar-refractivity contribution in [3.63, 3.8) is 0 Å². The van der Waals surface area contributed by atoms with E-state index in [4.69, 9.17) is 10.00 Å². The number of ether oxygens (including phenoxy) is 1. The fourth-order valence-corrected chi connectivity index (χ4v) is 1.54. The molecule has 0 heterocycles. The first-order valence-electron chi connectivity index (χ1n) is 6.41. The average molecular weight is 406 g/mol. The molecule has 0 spiro atoms. The normalized spacial score (nSPS) is 10.5. The van der Waals surface area contributed by atoms with E-state index in [0.29, 0.717) is 36.8 Å². The second-order valence-corrected chi connectivity index (χ2v) is 4.03. The van der Waals surface area contributed by atoms with E-state index in [1.165, 1.54) is 18.2 Å². The van der Waals surface area contributed by atoms with Crippen LogP contribution in [-0.2, 0) is 11.3 Å². The van der Waals surface area contributed by atoms with Crippen LogP contribution in [0.15, 0.2) is 23.2 Å². The van der Waals surface area contributed by atoms with Crippen LogP contribution >= 0.6 is 24.0 Å². The van der Waals surface area contributed by atoms with Crippen LogP contribution in [0.2, 0.25) is 0 Å². The summed E-state index contributed by atoms with van der Waals surface area (Å²) in [4.78, 5) is 4.28. The lowest BCUT2D eigenvalue weighted by molar-refractivity contribution is 0.203. The van der Waals surface area contributed by atoms with Gasteiger partial charge in [0.05, 0.1) is 24.8 Å². The first-order chi connectivity index (χ1) is 9.71. The van der Waals surface area contributed by atoms with Gasteiger partial charge in [0.25, 0.3) is 0 Å². The van der Waals surface area contributed by atoms with Crippen molar-refractivity contribution in [3.05, 3.63) is 35.1 Å². The monoisotopic (exact) mass is 406 g/mol. The molecule has 0 aliphatic carbocycles. The fourth-order valence-electron chi connectivity index (χ4n) is 1.54. The van der Waals surface area contributed by atoms with E-state index in [0.717, 1.165) is 0 Å². The van der Waals surface area contributed by atoms with E-state index >= 15 is 0 Å². The molecule has 0 atom stereocenters. The summed E-state index contributed by atoms with van der Waals surface area (Å²) in [6, 6.07) is 6.23. The maximum absolute atomic E-state index is 13.6. The standard InChI is InChI=1S/C14H19FN4O.HI/c1-3-17-14(18-6-7-20-2)19-10-12-8-11(9-16)4-5-13(12)15;/h4-5,8H,3,6-7,10H2,1-2H3,(H2,17,18,19);1H. The molecule has 0 fully saturated rings. The van der Waals surface area contributed by atoms with Crippen molar-refractivity contribution >= 4 is 29.9 Å². The molecule has 0 radical (unpaired) electrons. The molecule has 1 aromatic carbocycles. The Labute approximate surface area is 141 Å². The summed E-state index contributed by atoms with van der Waals surface area (Å²) in [5, 5.41) is 14.9. The van der Waals surface area contributed by atoms with Gasteiger partial charge < -0.3 is 15.4 Å². The van der Waals surface area contributed by atoms with Crippen molar-refractivity contribution in [2.45, 2.75) is 13.5 Å². The second kappa shape index (κ2) is 11.3. The van der Waals surface area contributed by atoms with E-state index in [9.17, 15) is 4.39 Å². The summed E-state index contributed by atoms with van der Waals surface area (Å²) in [6.07, 6.45) is 0. The minimum atomic E-state index is -0.361. The van der Waals surface area contributed by atoms with Gasteiger partial charge in [0.2, 0.25) is 0 Å². The van der Waals surface area contributed by atoms with Gasteiger partial charge in [0.1, 0.15) is 5.82 Å². The number of nitriles is 1. The van der Waals surface area contributed by atoms with E-state index in [-0.39, 0.29) is 36.3 Å². The van der Waals surface area contributed by atoms with Crippen molar-refractivity contribution < 1.29 is 9.13 Å². The zero-order valence-corrected chi connectivity index (χ0v) is 14.5. The highest BCUT2D eigenvalue weighted by molar-refractivity contribution is 14.0. The lowest BCUT2D eigenvalue weighted by atomic mass is 10.1. The van der Waals surface area contributed by atoms with Gasteiger partial charge in [0, 0.05) is 25.8 Å². The number of nitrogens with zero attached hydrogens (tertiary/aromatic N) is 2. The Hall–Kier alpha value is -1.40. The number of hydrogen-bond donors (Lipinski definition) is 2. The van der Waals surface area contributed by atoms with Crippen LogP contribution in [0.3, 0.4) is 0 Å². The van der Waals surface area contributed by atoms with Crippen LogP contribution in [-0.4, -0.2) is 32.8 Å². The molecule has 0 saturated carbocycles. The molecule has 0 amide bonds. The van der Waals surface area contributed by atoms with Gasteiger partial charge in [-0.3, -0.25) is 0 Å². The Morgan fingerprint density at radius 2 is 2.19 bits per heavy atom. The molecule has 0 aliphatic rings. The van der Waals surface area contributed by atoms with Gasteiger partial charge in [-0.25, -0.2) is 9.38 Å². The van der Waals surface area contributed by atoms with Gasteiger partial charge in [-0.15, -0.1) is 24.0 Å². The molecule has 0 aromatic heterocycles. The van der Waals surface area contributed by atoms with Gasteiger partial charge in [-0.2, -0.15) is 5.26 Å².